The maximum Gasteiger partial charge on any atom is 0.339 e. The molecule has 4 heteroatoms. The molecule has 0 aliphatic heterocycles. The van der Waals surface area contributed by atoms with E-state index in [0.717, 1.165) is 32.1 Å². The van der Waals surface area contributed by atoms with Crippen LogP contribution in [0.15, 0.2) is 24.3 Å². The van der Waals surface area contributed by atoms with Crippen LogP contribution < -0.4 is 0 Å². The van der Waals surface area contributed by atoms with Crippen LogP contribution in [0.5, 0.6) is 0 Å². The monoisotopic (exact) mass is 460 g/mol. The number of hydrogen-bond donors (Lipinski definition) is 0. The van der Waals surface area contributed by atoms with E-state index in [-0.39, 0.29) is 0 Å². The molecular formula is C29H48O4. The third-order valence-corrected chi connectivity index (χ3v) is 6.08. The Labute approximate surface area is 202 Å². The highest BCUT2D eigenvalue weighted by atomic mass is 16.5. The van der Waals surface area contributed by atoms with Crippen molar-refractivity contribution in [1.82, 2.24) is 0 Å². The molecule has 0 radical (unpaired) electrons. The molecule has 0 heterocycles. The Bertz CT molecular complexity index is 626. The molecule has 0 aliphatic rings. The topological polar surface area (TPSA) is 52.6 Å². The SMILES string of the molecule is CCCCCCCCCCCCCCCCOC(=O)c1ccccc1C(=O)OCCCCC. The zero-order chi connectivity index (χ0) is 24.0. The van der Waals surface area contributed by atoms with E-state index in [4.69, 9.17) is 9.47 Å². The number of benzene rings is 1. The van der Waals surface area contributed by atoms with E-state index < -0.39 is 11.9 Å². The van der Waals surface area contributed by atoms with E-state index in [1.807, 2.05) is 0 Å². The molecule has 1 aromatic carbocycles. The summed E-state index contributed by atoms with van der Waals surface area (Å²) in [5.74, 6) is -0.888. The van der Waals surface area contributed by atoms with E-state index in [2.05, 4.69) is 13.8 Å². The molecular weight excluding hydrogens is 412 g/mol. The first-order valence-electron chi connectivity index (χ1n) is 13.6. The van der Waals surface area contributed by atoms with Crippen molar-refractivity contribution in [2.45, 2.75) is 123 Å². The second kappa shape index (κ2) is 20.7. The minimum absolute atomic E-state index is 0.292. The van der Waals surface area contributed by atoms with Crippen molar-refractivity contribution in [2.24, 2.45) is 0 Å². The Hall–Kier alpha value is -1.84. The highest BCUT2D eigenvalue weighted by Crippen LogP contribution is 2.15. The molecule has 4 nitrogen and oxygen atoms in total. The molecule has 33 heavy (non-hydrogen) atoms. The zero-order valence-electron chi connectivity index (χ0n) is 21.4. The molecule has 0 fully saturated rings. The minimum atomic E-state index is -0.449. The van der Waals surface area contributed by atoms with Gasteiger partial charge in [-0.05, 0) is 25.0 Å². The molecule has 0 amide bonds. The third kappa shape index (κ3) is 14.8. The van der Waals surface area contributed by atoms with Gasteiger partial charge < -0.3 is 9.47 Å². The van der Waals surface area contributed by atoms with Crippen molar-refractivity contribution < 1.29 is 19.1 Å². The highest BCUT2D eigenvalue weighted by molar-refractivity contribution is 6.03. The van der Waals surface area contributed by atoms with Crippen LogP contribution in [0.25, 0.3) is 0 Å². The van der Waals surface area contributed by atoms with Gasteiger partial charge in [-0.1, -0.05) is 122 Å². The quantitative estimate of drug-likeness (QED) is 0.136. The Morgan fingerprint density at radius 2 is 0.818 bits per heavy atom. The largest absolute Gasteiger partial charge is 0.462 e. The molecule has 0 aromatic heterocycles. The second-order valence-corrected chi connectivity index (χ2v) is 9.12. The number of carbonyl (C=O) groups excluding carboxylic acids is 2. The van der Waals surface area contributed by atoms with Crippen molar-refractivity contribution in [3.05, 3.63) is 35.4 Å². The first kappa shape index (κ1) is 29.2. The van der Waals surface area contributed by atoms with Crippen molar-refractivity contribution in [1.29, 1.82) is 0 Å². The molecule has 0 aliphatic carbocycles. The second-order valence-electron chi connectivity index (χ2n) is 9.12. The summed E-state index contributed by atoms with van der Waals surface area (Å²) in [6.07, 6.45) is 21.1. The van der Waals surface area contributed by atoms with Crippen LogP contribution in [0, 0.1) is 0 Å². The maximum atomic E-state index is 12.5. The van der Waals surface area contributed by atoms with Gasteiger partial charge >= 0.3 is 11.9 Å². The first-order chi connectivity index (χ1) is 16.2. The molecule has 188 valence electrons. The number of hydrogen-bond acceptors (Lipinski definition) is 4. The van der Waals surface area contributed by atoms with Crippen LogP contribution in [0.2, 0.25) is 0 Å². The predicted molar refractivity (Wildman–Crippen MR) is 137 cm³/mol. The van der Waals surface area contributed by atoms with Gasteiger partial charge in [-0.25, -0.2) is 9.59 Å². The highest BCUT2D eigenvalue weighted by Gasteiger charge is 2.18. The van der Waals surface area contributed by atoms with Crippen molar-refractivity contribution in [3.63, 3.8) is 0 Å². The Balaban J connectivity index is 2.08. The molecule has 0 saturated heterocycles. The summed E-state index contributed by atoms with van der Waals surface area (Å²) in [7, 11) is 0. The fourth-order valence-electron chi connectivity index (χ4n) is 3.97. The number of rotatable bonds is 21. The first-order valence-corrected chi connectivity index (χ1v) is 13.6. The van der Waals surface area contributed by atoms with E-state index >= 15 is 0 Å². The van der Waals surface area contributed by atoms with Crippen LogP contribution in [0.3, 0.4) is 0 Å². The van der Waals surface area contributed by atoms with Crippen LogP contribution >= 0.6 is 0 Å². The fourth-order valence-corrected chi connectivity index (χ4v) is 3.97. The van der Waals surface area contributed by atoms with Crippen LogP contribution in [-0.4, -0.2) is 25.2 Å². The molecule has 0 unspecified atom stereocenters. The molecule has 0 atom stereocenters. The Kier molecular flexibility index (Phi) is 18.4. The summed E-state index contributed by atoms with van der Waals surface area (Å²) in [5, 5.41) is 0. The van der Waals surface area contributed by atoms with Gasteiger partial charge in [-0.3, -0.25) is 0 Å². The average Bonchev–Trinajstić information content (AvgIpc) is 2.84. The maximum absolute atomic E-state index is 12.5. The van der Waals surface area contributed by atoms with Gasteiger partial charge in [-0.15, -0.1) is 0 Å². The van der Waals surface area contributed by atoms with Gasteiger partial charge in [0.25, 0.3) is 0 Å². The fraction of sp³-hybridized carbons (Fsp3) is 0.724. The van der Waals surface area contributed by atoms with E-state index in [1.165, 1.54) is 77.0 Å². The summed E-state index contributed by atoms with van der Waals surface area (Å²) in [6, 6.07) is 6.76. The summed E-state index contributed by atoms with van der Waals surface area (Å²) in [6.45, 7) is 5.15. The number of carbonyl (C=O) groups is 2. The molecule has 1 rings (SSSR count). The third-order valence-electron chi connectivity index (χ3n) is 6.08. The van der Waals surface area contributed by atoms with Crippen molar-refractivity contribution in [2.75, 3.05) is 13.2 Å². The van der Waals surface area contributed by atoms with Crippen LogP contribution in [0.1, 0.15) is 144 Å². The molecule has 0 bridgehead atoms. The zero-order valence-corrected chi connectivity index (χ0v) is 21.4. The normalized spacial score (nSPS) is 10.8. The van der Waals surface area contributed by atoms with Crippen LogP contribution in [0.4, 0.5) is 0 Å². The summed E-state index contributed by atoms with van der Waals surface area (Å²) in [5.41, 5.74) is 0.586. The van der Waals surface area contributed by atoms with Gasteiger partial charge in [0.15, 0.2) is 0 Å². The Morgan fingerprint density at radius 1 is 0.515 bits per heavy atom. The number of ether oxygens (including phenoxy) is 2. The van der Waals surface area contributed by atoms with Gasteiger partial charge in [0.2, 0.25) is 0 Å². The molecule has 0 N–H and O–H groups in total. The number of esters is 2. The molecule has 1 aromatic rings. The Morgan fingerprint density at radius 3 is 1.21 bits per heavy atom. The molecule has 0 saturated carbocycles. The van der Waals surface area contributed by atoms with E-state index in [9.17, 15) is 9.59 Å². The van der Waals surface area contributed by atoms with E-state index in [1.54, 1.807) is 24.3 Å². The minimum Gasteiger partial charge on any atom is -0.462 e. The van der Waals surface area contributed by atoms with Crippen LogP contribution in [-0.2, 0) is 9.47 Å². The lowest BCUT2D eigenvalue weighted by Crippen LogP contribution is -2.15. The van der Waals surface area contributed by atoms with Gasteiger partial charge in [0.1, 0.15) is 0 Å². The van der Waals surface area contributed by atoms with Gasteiger partial charge in [0.05, 0.1) is 24.3 Å². The molecule has 0 spiro atoms. The van der Waals surface area contributed by atoms with Gasteiger partial charge in [0, 0.05) is 0 Å². The standard InChI is InChI=1S/C29H48O4/c1-3-5-7-8-9-10-11-12-13-14-15-16-17-21-25-33-29(31)27-23-19-18-22-26(27)28(30)32-24-20-6-4-2/h18-19,22-23H,3-17,20-21,24-25H2,1-2H3. The van der Waals surface area contributed by atoms with E-state index in [0.29, 0.717) is 24.3 Å². The lowest BCUT2D eigenvalue weighted by atomic mass is 10.0. The summed E-state index contributed by atoms with van der Waals surface area (Å²) < 4.78 is 10.7. The van der Waals surface area contributed by atoms with Crippen molar-refractivity contribution >= 4 is 11.9 Å². The summed E-state index contributed by atoms with van der Waals surface area (Å²) in [4.78, 5) is 24.8. The number of unbranched alkanes of at least 4 members (excludes halogenated alkanes) is 15. The lowest BCUT2D eigenvalue weighted by molar-refractivity contribution is 0.0450. The average molecular weight is 461 g/mol. The predicted octanol–water partition coefficient (Wildman–Crippen LogP) is 8.67. The summed E-state index contributed by atoms with van der Waals surface area (Å²) >= 11 is 0. The van der Waals surface area contributed by atoms with Gasteiger partial charge in [-0.2, -0.15) is 0 Å². The lowest BCUT2D eigenvalue weighted by Gasteiger charge is -2.10. The smallest absolute Gasteiger partial charge is 0.339 e. The van der Waals surface area contributed by atoms with Crippen molar-refractivity contribution in [3.8, 4) is 0 Å².